The van der Waals surface area contributed by atoms with Crippen LogP contribution >= 0.6 is 15.9 Å². The second-order valence-electron chi connectivity index (χ2n) is 7.22. The molecule has 0 saturated carbocycles. The molecular weight excluding hydrogens is 406 g/mol. The van der Waals surface area contributed by atoms with Crippen molar-refractivity contribution in [2.75, 3.05) is 27.3 Å². The van der Waals surface area contributed by atoms with E-state index in [1.54, 1.807) is 7.11 Å². The first-order valence-electron chi connectivity index (χ1n) is 9.45. The highest BCUT2D eigenvalue weighted by Crippen LogP contribution is 2.32. The minimum atomic E-state index is -0.526. The highest BCUT2D eigenvalue weighted by molar-refractivity contribution is 9.10. The molecule has 1 N–H and O–H groups in total. The van der Waals surface area contributed by atoms with Crippen LogP contribution in [0.4, 0.5) is 0 Å². The van der Waals surface area contributed by atoms with Gasteiger partial charge in [-0.3, -0.25) is 4.90 Å². The molecule has 0 unspecified atom stereocenters. The third-order valence-corrected chi connectivity index (χ3v) is 5.50. The van der Waals surface area contributed by atoms with Crippen LogP contribution in [0.25, 0.3) is 0 Å². The van der Waals surface area contributed by atoms with Gasteiger partial charge in [-0.2, -0.15) is 0 Å². The van der Waals surface area contributed by atoms with Gasteiger partial charge in [-0.15, -0.1) is 0 Å². The van der Waals surface area contributed by atoms with Crippen LogP contribution in [0.3, 0.4) is 0 Å². The maximum absolute atomic E-state index is 10.5. The Kier molecular flexibility index (Phi) is 7.30. The maximum Gasteiger partial charge on any atom is 0.123 e. The van der Waals surface area contributed by atoms with Crippen LogP contribution in [-0.2, 0) is 17.7 Å². The Labute approximate surface area is 170 Å². The van der Waals surface area contributed by atoms with Crippen LogP contribution in [0.2, 0.25) is 0 Å². The number of aliphatic hydroxyl groups excluding tert-OH is 1. The van der Waals surface area contributed by atoms with Crippen LogP contribution in [0.1, 0.15) is 35.6 Å². The van der Waals surface area contributed by atoms with E-state index in [1.807, 2.05) is 19.2 Å². The molecule has 0 saturated heterocycles. The molecule has 146 valence electrons. The van der Waals surface area contributed by atoms with Crippen LogP contribution in [0.15, 0.2) is 46.9 Å². The van der Waals surface area contributed by atoms with Crippen molar-refractivity contribution in [3.8, 4) is 5.75 Å². The van der Waals surface area contributed by atoms with E-state index in [0.29, 0.717) is 19.7 Å². The summed E-state index contributed by atoms with van der Waals surface area (Å²) in [6.45, 7) is 1.59. The van der Waals surface area contributed by atoms with Crippen molar-refractivity contribution in [1.82, 2.24) is 4.90 Å². The molecule has 0 bridgehead atoms. The summed E-state index contributed by atoms with van der Waals surface area (Å²) in [5.41, 5.74) is 3.74. The summed E-state index contributed by atoms with van der Waals surface area (Å²) in [6, 6.07) is 14.5. The third-order valence-electron chi connectivity index (χ3n) is 5.01. The number of ether oxygens (including phenoxy) is 2. The molecule has 1 aliphatic rings. The molecule has 2 aromatic rings. The number of aliphatic hydroxyl groups is 1. The van der Waals surface area contributed by atoms with Gasteiger partial charge in [0.1, 0.15) is 5.75 Å². The summed E-state index contributed by atoms with van der Waals surface area (Å²) >= 11 is 3.51. The lowest BCUT2D eigenvalue weighted by atomic mass is 9.89. The van der Waals surface area contributed by atoms with Gasteiger partial charge in [0.05, 0.1) is 25.9 Å². The molecule has 4 nitrogen and oxygen atoms in total. The molecule has 2 atom stereocenters. The standard InChI is InChI=1S/C22H28BrNO3/c1-24(13-17-12-18(23)10-11-21(17)26-2)14-19(25)15-27-22-9-5-7-16-6-3-4-8-20(16)22/h3-4,6,8,10-12,19,22,25H,5,7,9,13-15H2,1-2H3/t19-,22-/m1/s1. The predicted octanol–water partition coefficient (Wildman–Crippen LogP) is 4.34. The van der Waals surface area contributed by atoms with E-state index in [9.17, 15) is 5.11 Å². The zero-order valence-corrected chi connectivity index (χ0v) is 17.6. The summed E-state index contributed by atoms with van der Waals surface area (Å²) in [5.74, 6) is 0.856. The Morgan fingerprint density at radius 3 is 2.89 bits per heavy atom. The second-order valence-corrected chi connectivity index (χ2v) is 8.14. The van der Waals surface area contributed by atoms with Gasteiger partial charge in [0, 0.05) is 23.1 Å². The van der Waals surface area contributed by atoms with Crippen molar-refractivity contribution in [1.29, 1.82) is 0 Å². The number of halogens is 1. The van der Waals surface area contributed by atoms with E-state index in [1.165, 1.54) is 11.1 Å². The number of methoxy groups -OCH3 is 1. The number of hydrogen-bond donors (Lipinski definition) is 1. The summed E-state index contributed by atoms with van der Waals surface area (Å²) in [4.78, 5) is 2.09. The fourth-order valence-corrected chi connectivity index (χ4v) is 4.16. The number of fused-ring (bicyclic) bond motifs is 1. The topological polar surface area (TPSA) is 41.9 Å². The van der Waals surface area contributed by atoms with Gasteiger partial charge < -0.3 is 14.6 Å². The molecule has 2 aromatic carbocycles. The number of benzene rings is 2. The van der Waals surface area contributed by atoms with Crippen molar-refractivity contribution in [2.45, 2.75) is 38.0 Å². The van der Waals surface area contributed by atoms with Gasteiger partial charge in [-0.1, -0.05) is 40.2 Å². The van der Waals surface area contributed by atoms with E-state index >= 15 is 0 Å². The average molecular weight is 434 g/mol. The predicted molar refractivity (Wildman–Crippen MR) is 111 cm³/mol. The Balaban J connectivity index is 1.51. The molecule has 0 spiro atoms. The second kappa shape index (κ2) is 9.69. The van der Waals surface area contributed by atoms with E-state index in [0.717, 1.165) is 35.0 Å². The Bertz CT molecular complexity index is 752. The number of nitrogens with zero attached hydrogens (tertiary/aromatic N) is 1. The first-order valence-corrected chi connectivity index (χ1v) is 10.2. The van der Waals surface area contributed by atoms with Crippen molar-refractivity contribution in [3.05, 3.63) is 63.6 Å². The van der Waals surface area contributed by atoms with Crippen molar-refractivity contribution < 1.29 is 14.6 Å². The first kappa shape index (κ1) is 20.3. The highest BCUT2D eigenvalue weighted by Gasteiger charge is 2.21. The average Bonchev–Trinajstić information content (AvgIpc) is 2.66. The van der Waals surface area contributed by atoms with E-state index in [-0.39, 0.29) is 6.10 Å². The fraction of sp³-hybridized carbons (Fsp3) is 0.455. The van der Waals surface area contributed by atoms with Gasteiger partial charge in [0.2, 0.25) is 0 Å². The van der Waals surface area contributed by atoms with Crippen LogP contribution in [-0.4, -0.2) is 43.4 Å². The van der Waals surface area contributed by atoms with Gasteiger partial charge in [-0.05, 0) is 55.6 Å². The molecule has 3 rings (SSSR count). The largest absolute Gasteiger partial charge is 0.496 e. The number of likely N-dealkylation sites (N-methyl/N-ethyl adjacent to an activating group) is 1. The first-order chi connectivity index (χ1) is 13.1. The summed E-state index contributed by atoms with van der Waals surface area (Å²) < 4.78 is 12.5. The van der Waals surface area contributed by atoms with Crippen molar-refractivity contribution in [3.63, 3.8) is 0 Å². The quantitative estimate of drug-likeness (QED) is 0.671. The molecule has 5 heteroatoms. The maximum atomic E-state index is 10.5. The molecular formula is C22H28BrNO3. The van der Waals surface area contributed by atoms with Gasteiger partial charge in [-0.25, -0.2) is 0 Å². The molecule has 0 heterocycles. The lowest BCUT2D eigenvalue weighted by Gasteiger charge is -2.27. The zero-order valence-electron chi connectivity index (χ0n) is 16.0. The molecule has 1 aliphatic carbocycles. The molecule has 0 aliphatic heterocycles. The number of aryl methyl sites for hydroxylation is 1. The van der Waals surface area contributed by atoms with E-state index < -0.39 is 6.10 Å². The summed E-state index contributed by atoms with van der Waals surface area (Å²) in [6.07, 6.45) is 2.85. The van der Waals surface area contributed by atoms with Crippen molar-refractivity contribution >= 4 is 15.9 Å². The highest BCUT2D eigenvalue weighted by atomic mass is 79.9. The Morgan fingerprint density at radius 1 is 1.26 bits per heavy atom. The minimum Gasteiger partial charge on any atom is -0.496 e. The van der Waals surface area contributed by atoms with E-state index in [2.05, 4.69) is 51.2 Å². The fourth-order valence-electron chi connectivity index (χ4n) is 3.75. The van der Waals surface area contributed by atoms with Crippen LogP contribution < -0.4 is 4.74 Å². The smallest absolute Gasteiger partial charge is 0.123 e. The van der Waals surface area contributed by atoms with Crippen molar-refractivity contribution in [2.24, 2.45) is 0 Å². The molecule has 0 radical (unpaired) electrons. The third kappa shape index (κ3) is 5.55. The number of rotatable bonds is 8. The molecule has 27 heavy (non-hydrogen) atoms. The number of hydrogen-bond acceptors (Lipinski definition) is 4. The van der Waals surface area contributed by atoms with Crippen LogP contribution in [0, 0.1) is 0 Å². The van der Waals surface area contributed by atoms with Crippen LogP contribution in [0.5, 0.6) is 5.75 Å². The Morgan fingerprint density at radius 2 is 2.07 bits per heavy atom. The van der Waals surface area contributed by atoms with Gasteiger partial charge >= 0.3 is 0 Å². The zero-order chi connectivity index (χ0) is 19.2. The summed E-state index contributed by atoms with van der Waals surface area (Å²) in [5, 5.41) is 10.5. The molecule has 0 fully saturated rings. The molecule has 0 aromatic heterocycles. The van der Waals surface area contributed by atoms with Gasteiger partial charge in [0.25, 0.3) is 0 Å². The van der Waals surface area contributed by atoms with Gasteiger partial charge in [0.15, 0.2) is 0 Å². The molecule has 0 amide bonds. The lowest BCUT2D eigenvalue weighted by molar-refractivity contribution is -0.0266. The lowest BCUT2D eigenvalue weighted by Crippen LogP contribution is -2.32. The Hall–Kier alpha value is -1.40. The minimum absolute atomic E-state index is 0.0973. The summed E-state index contributed by atoms with van der Waals surface area (Å²) in [7, 11) is 3.68. The van der Waals surface area contributed by atoms with E-state index in [4.69, 9.17) is 9.47 Å². The SMILES string of the molecule is COc1ccc(Br)cc1CN(C)C[C@@H](O)CO[C@@H]1CCCc2ccccc21. The monoisotopic (exact) mass is 433 g/mol. The normalized spacial score (nSPS) is 17.6.